The van der Waals surface area contributed by atoms with E-state index in [0.29, 0.717) is 34.7 Å². The number of benzene rings is 2. The van der Waals surface area contributed by atoms with Crippen LogP contribution >= 0.6 is 0 Å². The molecule has 0 unspecified atom stereocenters. The molecule has 0 aliphatic heterocycles. The number of nitrogens with two attached hydrogens (primary N) is 1. The zero-order chi connectivity index (χ0) is 20.5. The number of aryl methyl sites for hydroxylation is 1. The molecule has 0 atom stereocenters. The molecule has 0 spiro atoms. The molecular weight excluding hydrogens is 366 g/mol. The summed E-state index contributed by atoms with van der Waals surface area (Å²) in [6.45, 7) is 1.77. The second-order valence-electron chi connectivity index (χ2n) is 7.61. The number of aromatic nitrogens is 2. The van der Waals surface area contributed by atoms with Crippen LogP contribution in [0.15, 0.2) is 48.7 Å². The van der Waals surface area contributed by atoms with E-state index >= 15 is 0 Å². The molecule has 1 aromatic heterocycles. The minimum atomic E-state index is -0.261. The van der Waals surface area contributed by atoms with E-state index < -0.39 is 0 Å². The fourth-order valence-corrected chi connectivity index (χ4v) is 3.40. The first kappa shape index (κ1) is 19.1. The maximum Gasteiger partial charge on any atom is 0.198 e. The van der Waals surface area contributed by atoms with Crippen molar-refractivity contribution in [3.05, 3.63) is 76.5 Å². The number of rotatable bonds is 7. The molecule has 0 amide bonds. The van der Waals surface area contributed by atoms with E-state index in [1.54, 1.807) is 30.3 Å². The summed E-state index contributed by atoms with van der Waals surface area (Å²) in [5.74, 6) is 0.597. The number of anilines is 1. The van der Waals surface area contributed by atoms with Gasteiger partial charge in [0.2, 0.25) is 0 Å². The highest BCUT2D eigenvalue weighted by Gasteiger charge is 2.25. The number of ketones is 2. The lowest BCUT2D eigenvalue weighted by Crippen LogP contribution is -2.09. The van der Waals surface area contributed by atoms with Crippen LogP contribution in [0, 0.1) is 12.8 Å². The topological polar surface area (TPSA) is 98.2 Å². The number of nitrogens with zero attached hydrogens (tertiary/aromatic N) is 2. The van der Waals surface area contributed by atoms with Crippen LogP contribution in [0.3, 0.4) is 0 Å². The molecule has 1 fully saturated rings. The summed E-state index contributed by atoms with van der Waals surface area (Å²) in [7, 11) is 0. The van der Waals surface area contributed by atoms with Crippen LogP contribution in [-0.4, -0.2) is 26.5 Å². The monoisotopic (exact) mass is 389 g/mol. The Hall–Kier alpha value is -3.25. The predicted molar refractivity (Wildman–Crippen MR) is 110 cm³/mol. The number of hydrogen-bond acceptors (Lipinski definition) is 5. The molecule has 1 heterocycles. The highest BCUT2D eigenvalue weighted by Crippen LogP contribution is 2.34. The lowest BCUT2D eigenvalue weighted by molar-refractivity contribution is 0.0975. The maximum absolute atomic E-state index is 12.9. The van der Waals surface area contributed by atoms with Crippen molar-refractivity contribution in [2.75, 3.05) is 5.73 Å². The molecule has 0 radical (unpaired) electrons. The van der Waals surface area contributed by atoms with E-state index in [1.807, 2.05) is 19.1 Å². The molecule has 0 saturated heterocycles. The van der Waals surface area contributed by atoms with Gasteiger partial charge >= 0.3 is 0 Å². The second kappa shape index (κ2) is 7.64. The Kier molecular flexibility index (Phi) is 5.03. The van der Waals surface area contributed by atoms with Crippen molar-refractivity contribution in [1.82, 2.24) is 9.78 Å². The Morgan fingerprint density at radius 3 is 2.69 bits per heavy atom. The van der Waals surface area contributed by atoms with Crippen molar-refractivity contribution < 1.29 is 14.7 Å². The van der Waals surface area contributed by atoms with Gasteiger partial charge in [0.15, 0.2) is 11.6 Å². The third-order valence-electron chi connectivity index (χ3n) is 5.35. The number of hydrogen-bond donors (Lipinski definition) is 2. The molecule has 4 rings (SSSR count). The van der Waals surface area contributed by atoms with Gasteiger partial charge in [0.05, 0.1) is 24.1 Å². The number of Topliss-reactive ketones (excluding diaryl/α,β-unsaturated/α-hetero) is 1. The summed E-state index contributed by atoms with van der Waals surface area (Å²) in [4.78, 5) is 25.4. The molecule has 1 aliphatic carbocycles. The molecule has 6 heteroatoms. The standard InChI is InChI=1S/C23H23N3O3/c1-14-5-8-17(21(28)10-15-6-7-15)11-20(14)26-23(24)19(12-25-26)22(29)18-4-2-3-16(9-18)13-27/h2-5,8-9,11-12,15,27H,6-7,10,13,24H2,1H3. The van der Waals surface area contributed by atoms with Crippen LogP contribution in [0.25, 0.3) is 5.69 Å². The fourth-order valence-electron chi connectivity index (χ4n) is 3.40. The first-order valence-electron chi connectivity index (χ1n) is 9.70. The SMILES string of the molecule is Cc1ccc(C(=O)CC2CC2)cc1-n1ncc(C(=O)c2cccc(CO)c2)c1N. The number of aliphatic hydroxyl groups is 1. The Bertz CT molecular complexity index is 1100. The van der Waals surface area contributed by atoms with Crippen molar-refractivity contribution in [1.29, 1.82) is 0 Å². The van der Waals surface area contributed by atoms with Crippen LogP contribution in [0.4, 0.5) is 5.82 Å². The zero-order valence-electron chi connectivity index (χ0n) is 16.3. The summed E-state index contributed by atoms with van der Waals surface area (Å²) in [5, 5.41) is 13.6. The van der Waals surface area contributed by atoms with E-state index in [1.165, 1.54) is 10.9 Å². The largest absolute Gasteiger partial charge is 0.392 e. The van der Waals surface area contributed by atoms with Crippen LogP contribution in [0.2, 0.25) is 0 Å². The lowest BCUT2D eigenvalue weighted by atomic mass is 10.0. The van der Waals surface area contributed by atoms with Gasteiger partial charge in [-0.15, -0.1) is 0 Å². The molecule has 29 heavy (non-hydrogen) atoms. The third-order valence-corrected chi connectivity index (χ3v) is 5.35. The average molecular weight is 389 g/mol. The summed E-state index contributed by atoms with van der Waals surface area (Å²) >= 11 is 0. The number of aliphatic hydroxyl groups excluding tert-OH is 1. The first-order valence-corrected chi connectivity index (χ1v) is 9.70. The third kappa shape index (κ3) is 3.84. The van der Waals surface area contributed by atoms with Crippen molar-refractivity contribution in [3.63, 3.8) is 0 Å². The Labute approximate surface area is 169 Å². The van der Waals surface area contributed by atoms with Crippen LogP contribution in [0.1, 0.15) is 56.7 Å². The van der Waals surface area contributed by atoms with Crippen LogP contribution in [0.5, 0.6) is 0 Å². The molecule has 1 aliphatic rings. The summed E-state index contributed by atoms with van der Waals surface area (Å²) in [6, 6.07) is 12.3. The van der Waals surface area contributed by atoms with Gasteiger partial charge in [-0.3, -0.25) is 9.59 Å². The van der Waals surface area contributed by atoms with Gasteiger partial charge in [-0.05, 0) is 48.9 Å². The summed E-state index contributed by atoms with van der Waals surface area (Å²) in [6.07, 6.45) is 4.27. The first-order chi connectivity index (χ1) is 14.0. The normalized spacial score (nSPS) is 13.4. The van der Waals surface area contributed by atoms with E-state index in [9.17, 15) is 14.7 Å². The van der Waals surface area contributed by atoms with E-state index in [-0.39, 0.29) is 29.6 Å². The van der Waals surface area contributed by atoms with Crippen molar-refractivity contribution in [2.45, 2.75) is 32.8 Å². The second-order valence-corrected chi connectivity index (χ2v) is 7.61. The van der Waals surface area contributed by atoms with E-state index in [2.05, 4.69) is 5.10 Å². The van der Waals surface area contributed by atoms with Crippen molar-refractivity contribution in [3.8, 4) is 5.69 Å². The maximum atomic E-state index is 12.9. The molecular formula is C23H23N3O3. The molecule has 0 bridgehead atoms. The van der Waals surface area contributed by atoms with Crippen LogP contribution < -0.4 is 5.73 Å². The molecule has 1 saturated carbocycles. The number of carbonyl (C=O) groups excluding carboxylic acids is 2. The molecule has 3 N–H and O–H groups in total. The van der Waals surface area contributed by atoms with Gasteiger partial charge in [0.25, 0.3) is 0 Å². The van der Waals surface area contributed by atoms with Gasteiger partial charge in [-0.2, -0.15) is 5.10 Å². The summed E-state index contributed by atoms with van der Waals surface area (Å²) < 4.78 is 1.51. The van der Waals surface area contributed by atoms with Gasteiger partial charge in [0, 0.05) is 17.5 Å². The Morgan fingerprint density at radius 1 is 1.17 bits per heavy atom. The molecule has 6 nitrogen and oxygen atoms in total. The minimum Gasteiger partial charge on any atom is -0.392 e. The predicted octanol–water partition coefficient (Wildman–Crippen LogP) is 3.47. The molecule has 148 valence electrons. The highest BCUT2D eigenvalue weighted by molar-refractivity contribution is 6.11. The van der Waals surface area contributed by atoms with Gasteiger partial charge < -0.3 is 10.8 Å². The van der Waals surface area contributed by atoms with Crippen molar-refractivity contribution >= 4 is 17.4 Å². The van der Waals surface area contributed by atoms with Gasteiger partial charge in [-0.1, -0.05) is 30.3 Å². The Morgan fingerprint density at radius 2 is 1.97 bits per heavy atom. The molecule has 2 aromatic carbocycles. The number of carbonyl (C=O) groups is 2. The van der Waals surface area contributed by atoms with Crippen LogP contribution in [-0.2, 0) is 6.61 Å². The van der Waals surface area contributed by atoms with Crippen molar-refractivity contribution in [2.24, 2.45) is 5.92 Å². The minimum absolute atomic E-state index is 0.122. The summed E-state index contributed by atoms with van der Waals surface area (Å²) in [5.41, 5.74) is 9.88. The highest BCUT2D eigenvalue weighted by atomic mass is 16.3. The average Bonchev–Trinajstić information content (AvgIpc) is 3.47. The quantitative estimate of drug-likeness (QED) is 0.603. The van der Waals surface area contributed by atoms with E-state index in [4.69, 9.17) is 5.73 Å². The fraction of sp³-hybridized carbons (Fsp3) is 0.261. The van der Waals surface area contributed by atoms with Gasteiger partial charge in [-0.25, -0.2) is 4.68 Å². The number of nitrogen functional groups attached to an aromatic ring is 1. The molecule has 3 aromatic rings. The lowest BCUT2D eigenvalue weighted by Gasteiger charge is -2.11. The van der Waals surface area contributed by atoms with Gasteiger partial charge in [0.1, 0.15) is 5.82 Å². The Balaban J connectivity index is 1.67. The zero-order valence-corrected chi connectivity index (χ0v) is 16.3. The van der Waals surface area contributed by atoms with E-state index in [0.717, 1.165) is 18.4 Å². The smallest absolute Gasteiger partial charge is 0.198 e.